The Kier molecular flexibility index (Phi) is 6.16. The summed E-state index contributed by atoms with van der Waals surface area (Å²) in [5.74, 6) is -0.968. The minimum absolute atomic E-state index is 0.145. The standard InChI is InChI=1S/C22H26N4O3/c1-26(16-9-3-2-4-10-16)21(29)22(13-7-8-14-22)25-19(27)15-24-20(28)17-11-5-6-12-18(17)23/h2-6,9-12H,7-8,13-15,23H2,1H3,(H,24,28)(H,25,27). The lowest BCUT2D eigenvalue weighted by Gasteiger charge is -2.33. The van der Waals surface area contributed by atoms with E-state index in [0.29, 0.717) is 24.1 Å². The highest BCUT2D eigenvalue weighted by molar-refractivity contribution is 6.03. The van der Waals surface area contributed by atoms with Crippen molar-refractivity contribution in [1.82, 2.24) is 10.6 Å². The molecule has 29 heavy (non-hydrogen) atoms. The van der Waals surface area contributed by atoms with Gasteiger partial charge < -0.3 is 21.3 Å². The first-order valence-electron chi connectivity index (χ1n) is 9.70. The molecule has 1 saturated carbocycles. The SMILES string of the molecule is CN(C(=O)C1(NC(=O)CNC(=O)c2ccccc2N)CCCC1)c1ccccc1. The molecule has 3 amide bonds. The molecule has 0 atom stereocenters. The van der Waals surface area contributed by atoms with Crippen LogP contribution in [-0.2, 0) is 9.59 Å². The van der Waals surface area contributed by atoms with Gasteiger partial charge in [0.05, 0.1) is 12.1 Å². The molecular formula is C22H26N4O3. The van der Waals surface area contributed by atoms with Gasteiger partial charge in [-0.2, -0.15) is 0 Å². The van der Waals surface area contributed by atoms with Gasteiger partial charge in [0.15, 0.2) is 0 Å². The summed E-state index contributed by atoms with van der Waals surface area (Å²) in [6.45, 7) is -0.225. The molecule has 1 aliphatic rings. The topological polar surface area (TPSA) is 105 Å². The van der Waals surface area contributed by atoms with E-state index < -0.39 is 17.4 Å². The maximum Gasteiger partial charge on any atom is 0.253 e. The van der Waals surface area contributed by atoms with Gasteiger partial charge in [-0.25, -0.2) is 0 Å². The lowest BCUT2D eigenvalue weighted by Crippen LogP contribution is -2.59. The van der Waals surface area contributed by atoms with Gasteiger partial charge in [-0.1, -0.05) is 43.2 Å². The number of rotatable bonds is 6. The number of anilines is 2. The number of carbonyl (C=O) groups is 3. The van der Waals surface area contributed by atoms with Crippen molar-refractivity contribution >= 4 is 29.1 Å². The van der Waals surface area contributed by atoms with Gasteiger partial charge in [-0.15, -0.1) is 0 Å². The Labute approximate surface area is 170 Å². The zero-order valence-electron chi connectivity index (χ0n) is 16.5. The van der Waals surface area contributed by atoms with Crippen molar-refractivity contribution in [3.05, 3.63) is 60.2 Å². The number of hydrogen-bond acceptors (Lipinski definition) is 4. The van der Waals surface area contributed by atoms with Gasteiger partial charge in [0.25, 0.3) is 11.8 Å². The normalized spacial score (nSPS) is 14.8. The minimum atomic E-state index is -0.946. The highest BCUT2D eigenvalue weighted by Gasteiger charge is 2.44. The second kappa shape index (κ2) is 8.77. The predicted molar refractivity (Wildman–Crippen MR) is 112 cm³/mol. The summed E-state index contributed by atoms with van der Waals surface area (Å²) in [6.07, 6.45) is 2.88. The molecule has 0 heterocycles. The van der Waals surface area contributed by atoms with Crippen molar-refractivity contribution in [2.24, 2.45) is 0 Å². The molecule has 7 heteroatoms. The summed E-state index contributed by atoms with van der Waals surface area (Å²) in [5.41, 5.74) is 6.28. The van der Waals surface area contributed by atoms with E-state index in [1.165, 1.54) is 0 Å². The van der Waals surface area contributed by atoms with Crippen LogP contribution >= 0.6 is 0 Å². The molecule has 1 fully saturated rings. The molecule has 0 spiro atoms. The van der Waals surface area contributed by atoms with Crippen molar-refractivity contribution < 1.29 is 14.4 Å². The first-order valence-corrected chi connectivity index (χ1v) is 9.70. The Bertz CT molecular complexity index is 892. The molecule has 0 radical (unpaired) electrons. The van der Waals surface area contributed by atoms with Crippen LogP contribution < -0.4 is 21.3 Å². The van der Waals surface area contributed by atoms with Gasteiger partial charge in [-0.3, -0.25) is 14.4 Å². The molecule has 3 rings (SSSR count). The van der Waals surface area contributed by atoms with Crippen LogP contribution in [0.15, 0.2) is 54.6 Å². The van der Waals surface area contributed by atoms with Crippen molar-refractivity contribution in [1.29, 1.82) is 0 Å². The number of nitrogens with two attached hydrogens (primary N) is 1. The van der Waals surface area contributed by atoms with E-state index in [0.717, 1.165) is 18.5 Å². The van der Waals surface area contributed by atoms with Gasteiger partial charge >= 0.3 is 0 Å². The zero-order valence-corrected chi connectivity index (χ0v) is 16.5. The van der Waals surface area contributed by atoms with E-state index in [1.807, 2.05) is 30.3 Å². The number of para-hydroxylation sites is 2. The Morgan fingerprint density at radius 2 is 1.62 bits per heavy atom. The summed E-state index contributed by atoms with van der Waals surface area (Å²) in [6, 6.07) is 16.0. The van der Waals surface area contributed by atoms with Crippen LogP contribution in [0.5, 0.6) is 0 Å². The molecule has 2 aromatic rings. The third-order valence-electron chi connectivity index (χ3n) is 5.31. The molecular weight excluding hydrogens is 368 g/mol. The van der Waals surface area contributed by atoms with Gasteiger partial charge in [0, 0.05) is 18.4 Å². The van der Waals surface area contributed by atoms with E-state index in [-0.39, 0.29) is 12.5 Å². The summed E-state index contributed by atoms with van der Waals surface area (Å²) in [7, 11) is 1.71. The Morgan fingerprint density at radius 1 is 1.00 bits per heavy atom. The van der Waals surface area contributed by atoms with Gasteiger partial charge in [0.2, 0.25) is 5.91 Å². The molecule has 7 nitrogen and oxygen atoms in total. The molecule has 4 N–H and O–H groups in total. The first-order chi connectivity index (χ1) is 13.9. The van der Waals surface area contributed by atoms with Crippen molar-refractivity contribution in [2.45, 2.75) is 31.2 Å². The number of hydrogen-bond donors (Lipinski definition) is 3. The van der Waals surface area contributed by atoms with Crippen LogP contribution in [0.25, 0.3) is 0 Å². The lowest BCUT2D eigenvalue weighted by molar-refractivity contribution is -0.131. The summed E-state index contributed by atoms with van der Waals surface area (Å²) in [5, 5.41) is 5.46. The fraction of sp³-hybridized carbons (Fsp3) is 0.318. The van der Waals surface area contributed by atoms with Crippen LogP contribution in [0.2, 0.25) is 0 Å². The summed E-state index contributed by atoms with van der Waals surface area (Å²) < 4.78 is 0. The Balaban J connectivity index is 1.65. The van der Waals surface area contributed by atoms with Crippen molar-refractivity contribution in [2.75, 3.05) is 24.2 Å². The highest BCUT2D eigenvalue weighted by atomic mass is 16.2. The number of nitrogens with zero attached hydrogens (tertiary/aromatic N) is 1. The number of nitrogens with one attached hydrogen (secondary N) is 2. The molecule has 1 aliphatic carbocycles. The van der Waals surface area contributed by atoms with Crippen LogP contribution in [0, 0.1) is 0 Å². The van der Waals surface area contributed by atoms with E-state index in [4.69, 9.17) is 5.73 Å². The highest BCUT2D eigenvalue weighted by Crippen LogP contribution is 2.32. The predicted octanol–water partition coefficient (Wildman–Crippen LogP) is 2.09. The van der Waals surface area contributed by atoms with Crippen LogP contribution in [0.1, 0.15) is 36.0 Å². The Hall–Kier alpha value is -3.35. The number of amides is 3. The average Bonchev–Trinajstić information content (AvgIpc) is 3.21. The van der Waals surface area contributed by atoms with Crippen molar-refractivity contribution in [3.8, 4) is 0 Å². The smallest absolute Gasteiger partial charge is 0.253 e. The molecule has 0 saturated heterocycles. The fourth-order valence-electron chi connectivity index (χ4n) is 3.73. The first kappa shape index (κ1) is 20.4. The minimum Gasteiger partial charge on any atom is -0.398 e. The zero-order chi connectivity index (χ0) is 20.9. The van der Waals surface area contributed by atoms with E-state index >= 15 is 0 Å². The largest absolute Gasteiger partial charge is 0.398 e. The van der Waals surface area contributed by atoms with E-state index in [9.17, 15) is 14.4 Å². The molecule has 0 aromatic heterocycles. The van der Waals surface area contributed by atoms with Crippen LogP contribution in [-0.4, -0.2) is 36.9 Å². The third-order valence-corrected chi connectivity index (χ3v) is 5.31. The summed E-state index contributed by atoms with van der Waals surface area (Å²) in [4.78, 5) is 39.6. The number of likely N-dealkylation sites (N-methyl/N-ethyl adjacent to an activating group) is 1. The maximum atomic E-state index is 13.2. The lowest BCUT2D eigenvalue weighted by atomic mass is 9.95. The van der Waals surface area contributed by atoms with E-state index in [2.05, 4.69) is 10.6 Å². The Morgan fingerprint density at radius 3 is 2.28 bits per heavy atom. The number of carbonyl (C=O) groups excluding carboxylic acids is 3. The number of nitrogen functional groups attached to an aromatic ring is 1. The van der Waals surface area contributed by atoms with Crippen molar-refractivity contribution in [3.63, 3.8) is 0 Å². The molecule has 0 aliphatic heterocycles. The quantitative estimate of drug-likeness (QED) is 0.653. The van der Waals surface area contributed by atoms with Crippen LogP contribution in [0.3, 0.4) is 0 Å². The second-order valence-electron chi connectivity index (χ2n) is 7.31. The maximum absolute atomic E-state index is 13.2. The second-order valence-corrected chi connectivity index (χ2v) is 7.31. The molecule has 0 bridgehead atoms. The average molecular weight is 394 g/mol. The molecule has 0 unspecified atom stereocenters. The summed E-state index contributed by atoms with van der Waals surface area (Å²) >= 11 is 0. The van der Waals surface area contributed by atoms with E-state index in [1.54, 1.807) is 36.2 Å². The molecule has 152 valence electrons. The fourth-order valence-corrected chi connectivity index (χ4v) is 3.73. The van der Waals surface area contributed by atoms with Gasteiger partial charge in [-0.05, 0) is 37.1 Å². The van der Waals surface area contributed by atoms with Crippen LogP contribution in [0.4, 0.5) is 11.4 Å². The van der Waals surface area contributed by atoms with Gasteiger partial charge in [0.1, 0.15) is 5.54 Å². The molecule has 2 aromatic carbocycles. The third kappa shape index (κ3) is 4.56. The monoisotopic (exact) mass is 394 g/mol. The number of benzene rings is 2.